The van der Waals surface area contributed by atoms with E-state index in [2.05, 4.69) is 24.5 Å². The Morgan fingerprint density at radius 3 is 2.37 bits per heavy atom. The van der Waals surface area contributed by atoms with Gasteiger partial charge in [0.25, 0.3) is 11.8 Å². The molecule has 234 valence electrons. The van der Waals surface area contributed by atoms with Crippen LogP contribution >= 0.6 is 0 Å². The molecule has 1 saturated carbocycles. The molecule has 0 bridgehead atoms. The Morgan fingerprint density at radius 2 is 1.70 bits per heavy atom. The first-order valence-electron chi connectivity index (χ1n) is 16.3. The van der Waals surface area contributed by atoms with Crippen molar-refractivity contribution < 1.29 is 19.5 Å². The number of carbonyl (C=O) groups excluding carboxylic acids is 3. The summed E-state index contributed by atoms with van der Waals surface area (Å²) >= 11 is 0. The summed E-state index contributed by atoms with van der Waals surface area (Å²) < 4.78 is 0. The summed E-state index contributed by atoms with van der Waals surface area (Å²) in [5.74, 6) is -0.185. The second-order valence-corrected chi connectivity index (χ2v) is 12.4. The first kappa shape index (κ1) is 32.7. The summed E-state index contributed by atoms with van der Waals surface area (Å²) in [5, 5.41) is 18.1. The molecule has 3 atom stereocenters. The van der Waals surface area contributed by atoms with Crippen LogP contribution in [0.2, 0.25) is 0 Å². The van der Waals surface area contributed by atoms with E-state index in [4.69, 9.17) is 0 Å². The van der Waals surface area contributed by atoms with Gasteiger partial charge in [-0.05, 0) is 61.4 Å². The van der Waals surface area contributed by atoms with Crippen LogP contribution in [0.3, 0.4) is 0 Å². The number of rotatable bonds is 13. The monoisotopic (exact) mass is 590 g/mol. The molecule has 2 aromatic rings. The molecule has 2 aromatic carbocycles. The SMILES string of the molecule is CCCN(CCC)C(=O)c1cc(C)cc(C(=O)N[C@@H](CC2CCCCC2)[C@H](O)[C@@H]2NCCN(Cc3ccccc3)C2=O)c1. The summed E-state index contributed by atoms with van der Waals surface area (Å²) in [7, 11) is 0. The number of hydrogen-bond donors (Lipinski definition) is 3. The zero-order valence-corrected chi connectivity index (χ0v) is 26.2. The van der Waals surface area contributed by atoms with Crippen LogP contribution in [-0.4, -0.2) is 77.0 Å². The number of nitrogens with zero attached hydrogens (tertiary/aromatic N) is 2. The molecule has 43 heavy (non-hydrogen) atoms. The molecular formula is C35H50N4O4. The van der Waals surface area contributed by atoms with Gasteiger partial charge in [-0.25, -0.2) is 0 Å². The van der Waals surface area contributed by atoms with Crippen molar-refractivity contribution in [2.24, 2.45) is 5.92 Å². The lowest BCUT2D eigenvalue weighted by Crippen LogP contribution is -2.63. The van der Waals surface area contributed by atoms with E-state index in [0.717, 1.165) is 49.7 Å². The Bertz CT molecular complexity index is 1210. The van der Waals surface area contributed by atoms with Crippen LogP contribution in [0.1, 0.15) is 97.1 Å². The Hall–Kier alpha value is -3.23. The third-order valence-corrected chi connectivity index (χ3v) is 8.78. The fraction of sp³-hybridized carbons (Fsp3) is 0.571. The van der Waals surface area contributed by atoms with Crippen LogP contribution in [0.5, 0.6) is 0 Å². The maximum absolute atomic E-state index is 13.8. The van der Waals surface area contributed by atoms with Gasteiger partial charge in [0.05, 0.1) is 12.1 Å². The van der Waals surface area contributed by atoms with Gasteiger partial charge in [0.2, 0.25) is 5.91 Å². The van der Waals surface area contributed by atoms with Crippen LogP contribution in [-0.2, 0) is 11.3 Å². The normalized spacial score (nSPS) is 19.1. The third-order valence-electron chi connectivity index (χ3n) is 8.78. The standard InChI is InChI=1S/C35H50N4O4/c1-4-17-38(18-5-2)34(42)29-21-25(3)20-28(23-29)33(41)37-30(22-26-12-8-6-9-13-26)32(40)31-35(43)39(19-16-36-31)24-27-14-10-7-11-15-27/h7,10-11,14-15,20-21,23,26,30-32,36,40H,4-6,8-9,12-13,16-19,22,24H2,1-3H3,(H,37,41)/t30-,31-,32-/m0/s1. The number of aliphatic hydroxyl groups excluding tert-OH is 1. The van der Waals surface area contributed by atoms with Crippen molar-refractivity contribution in [2.45, 2.75) is 96.9 Å². The zero-order valence-electron chi connectivity index (χ0n) is 26.2. The van der Waals surface area contributed by atoms with E-state index >= 15 is 0 Å². The number of hydrogen-bond acceptors (Lipinski definition) is 5. The van der Waals surface area contributed by atoms with Gasteiger partial charge in [-0.15, -0.1) is 0 Å². The van der Waals surface area contributed by atoms with E-state index in [9.17, 15) is 19.5 Å². The van der Waals surface area contributed by atoms with Gasteiger partial charge in [0, 0.05) is 43.9 Å². The minimum Gasteiger partial charge on any atom is -0.389 e. The van der Waals surface area contributed by atoms with E-state index in [1.807, 2.05) is 48.2 Å². The summed E-state index contributed by atoms with van der Waals surface area (Å²) in [6, 6.07) is 13.7. The lowest BCUT2D eigenvalue weighted by atomic mass is 9.82. The van der Waals surface area contributed by atoms with Gasteiger partial charge in [-0.2, -0.15) is 0 Å². The highest BCUT2D eigenvalue weighted by atomic mass is 16.3. The Balaban J connectivity index is 1.54. The van der Waals surface area contributed by atoms with E-state index in [-0.39, 0.29) is 17.7 Å². The first-order chi connectivity index (χ1) is 20.8. The second-order valence-electron chi connectivity index (χ2n) is 12.4. The quantitative estimate of drug-likeness (QED) is 0.314. The van der Waals surface area contributed by atoms with Gasteiger partial charge in [0.15, 0.2) is 0 Å². The van der Waals surface area contributed by atoms with Crippen molar-refractivity contribution in [3.8, 4) is 0 Å². The van der Waals surface area contributed by atoms with E-state index in [1.54, 1.807) is 17.0 Å². The van der Waals surface area contributed by atoms with Gasteiger partial charge in [0.1, 0.15) is 6.04 Å². The number of aryl methyl sites for hydroxylation is 1. The van der Waals surface area contributed by atoms with Crippen LogP contribution in [0, 0.1) is 12.8 Å². The Labute approximate surface area is 257 Å². The highest BCUT2D eigenvalue weighted by molar-refractivity contribution is 6.00. The van der Waals surface area contributed by atoms with E-state index < -0.39 is 18.2 Å². The van der Waals surface area contributed by atoms with Crippen LogP contribution in [0.4, 0.5) is 0 Å². The number of aliphatic hydroxyl groups is 1. The largest absolute Gasteiger partial charge is 0.389 e. The van der Waals surface area contributed by atoms with Crippen LogP contribution in [0.15, 0.2) is 48.5 Å². The number of nitrogens with one attached hydrogen (secondary N) is 2. The number of amides is 3. The molecule has 0 unspecified atom stereocenters. The lowest BCUT2D eigenvalue weighted by molar-refractivity contribution is -0.140. The first-order valence-corrected chi connectivity index (χ1v) is 16.3. The van der Waals surface area contributed by atoms with Gasteiger partial charge >= 0.3 is 0 Å². The highest BCUT2D eigenvalue weighted by Gasteiger charge is 2.39. The maximum atomic E-state index is 13.8. The molecule has 0 radical (unpaired) electrons. The average molecular weight is 591 g/mol. The average Bonchev–Trinajstić information content (AvgIpc) is 3.01. The molecule has 0 spiro atoms. The zero-order chi connectivity index (χ0) is 30.8. The smallest absolute Gasteiger partial charge is 0.253 e. The van der Waals surface area contributed by atoms with Gasteiger partial charge in [-0.1, -0.05) is 76.3 Å². The second kappa shape index (κ2) is 16.0. The predicted octanol–water partition coefficient (Wildman–Crippen LogP) is 4.69. The highest BCUT2D eigenvalue weighted by Crippen LogP contribution is 2.29. The number of carbonyl (C=O) groups is 3. The molecule has 1 saturated heterocycles. The van der Waals surface area contributed by atoms with Crippen molar-refractivity contribution in [1.29, 1.82) is 0 Å². The van der Waals surface area contributed by atoms with Crippen molar-refractivity contribution in [3.63, 3.8) is 0 Å². The summed E-state index contributed by atoms with van der Waals surface area (Å²) in [5.41, 5.74) is 2.76. The van der Waals surface area contributed by atoms with Crippen molar-refractivity contribution >= 4 is 17.7 Å². The van der Waals surface area contributed by atoms with Crippen LogP contribution in [0.25, 0.3) is 0 Å². The van der Waals surface area contributed by atoms with E-state index in [0.29, 0.717) is 56.2 Å². The van der Waals surface area contributed by atoms with Crippen LogP contribution < -0.4 is 10.6 Å². The lowest BCUT2D eigenvalue weighted by Gasteiger charge is -2.39. The van der Waals surface area contributed by atoms with Gasteiger partial charge in [-0.3, -0.25) is 14.4 Å². The van der Waals surface area contributed by atoms with Crippen molar-refractivity contribution in [2.75, 3.05) is 26.2 Å². The predicted molar refractivity (Wildman–Crippen MR) is 170 cm³/mol. The number of piperazine rings is 1. The molecule has 1 aliphatic carbocycles. The Morgan fingerprint density at radius 1 is 1.02 bits per heavy atom. The summed E-state index contributed by atoms with van der Waals surface area (Å²) in [6.07, 6.45) is 6.84. The maximum Gasteiger partial charge on any atom is 0.253 e. The van der Waals surface area contributed by atoms with Crippen molar-refractivity contribution in [3.05, 3.63) is 70.8 Å². The Kier molecular flexibility index (Phi) is 12.2. The third kappa shape index (κ3) is 8.89. The molecule has 2 fully saturated rings. The molecule has 3 amide bonds. The molecule has 4 rings (SSSR count). The summed E-state index contributed by atoms with van der Waals surface area (Å²) in [6.45, 7) is 8.94. The fourth-order valence-corrected chi connectivity index (χ4v) is 6.60. The molecule has 8 heteroatoms. The molecule has 8 nitrogen and oxygen atoms in total. The molecule has 3 N–H and O–H groups in total. The van der Waals surface area contributed by atoms with E-state index in [1.165, 1.54) is 6.42 Å². The molecule has 2 aliphatic rings. The fourth-order valence-electron chi connectivity index (χ4n) is 6.60. The molecule has 1 heterocycles. The summed E-state index contributed by atoms with van der Waals surface area (Å²) in [4.78, 5) is 44.3. The topological polar surface area (TPSA) is 102 Å². The number of benzene rings is 2. The van der Waals surface area contributed by atoms with Gasteiger partial charge < -0.3 is 25.5 Å². The molecule has 1 aliphatic heterocycles. The minimum atomic E-state index is -1.09. The minimum absolute atomic E-state index is 0.0734. The molecular weight excluding hydrogens is 540 g/mol. The van der Waals surface area contributed by atoms with Crippen molar-refractivity contribution in [1.82, 2.24) is 20.4 Å². The molecule has 0 aromatic heterocycles.